The van der Waals surface area contributed by atoms with Crippen molar-refractivity contribution in [2.45, 2.75) is 13.1 Å². The van der Waals surface area contributed by atoms with Gasteiger partial charge in [0, 0.05) is 5.69 Å². The van der Waals surface area contributed by atoms with E-state index in [0.29, 0.717) is 11.0 Å². The number of nitrogens with zero attached hydrogens (tertiary/aromatic N) is 3. The summed E-state index contributed by atoms with van der Waals surface area (Å²) in [5, 5.41) is -0.455. The molecular formula is C20H14ClF3N4O2. The van der Waals surface area contributed by atoms with E-state index in [0.717, 1.165) is 12.1 Å². The van der Waals surface area contributed by atoms with E-state index in [2.05, 4.69) is 9.97 Å². The lowest BCUT2D eigenvalue weighted by molar-refractivity contribution is -0.137. The number of nitrogens with two attached hydrogens (primary N) is 1. The molecule has 0 saturated heterocycles. The molecule has 10 heteroatoms. The van der Waals surface area contributed by atoms with E-state index in [1.165, 1.54) is 10.6 Å². The molecule has 4 aromatic rings. The van der Waals surface area contributed by atoms with Crippen molar-refractivity contribution in [1.82, 2.24) is 14.5 Å². The van der Waals surface area contributed by atoms with Crippen LogP contribution in [-0.4, -0.2) is 27.1 Å². The lowest BCUT2D eigenvalue weighted by atomic mass is 10.2. The Bertz CT molecular complexity index is 1300. The summed E-state index contributed by atoms with van der Waals surface area (Å²) in [5.74, 6) is -0.873. The Morgan fingerprint density at radius 1 is 1.17 bits per heavy atom. The number of para-hydroxylation sites is 2. The van der Waals surface area contributed by atoms with Crippen LogP contribution < -0.4 is 5.73 Å². The Kier molecular flexibility index (Phi) is 4.77. The first-order chi connectivity index (χ1) is 14.2. The Morgan fingerprint density at radius 3 is 2.47 bits per heavy atom. The van der Waals surface area contributed by atoms with E-state index in [-0.39, 0.29) is 34.8 Å². The second-order valence-corrected chi connectivity index (χ2v) is 6.77. The van der Waals surface area contributed by atoms with Gasteiger partial charge in [-0.3, -0.25) is 4.57 Å². The summed E-state index contributed by atoms with van der Waals surface area (Å²) in [4.78, 5) is 21.5. The van der Waals surface area contributed by atoms with Gasteiger partial charge in [-0.1, -0.05) is 23.7 Å². The third kappa shape index (κ3) is 3.21. The normalized spacial score (nSPS) is 11.9. The van der Waals surface area contributed by atoms with Crippen LogP contribution in [-0.2, 0) is 10.9 Å². The molecule has 2 aromatic carbocycles. The van der Waals surface area contributed by atoms with E-state index in [1.807, 2.05) is 0 Å². The number of esters is 1. The van der Waals surface area contributed by atoms with Gasteiger partial charge in [-0.2, -0.15) is 13.2 Å². The minimum Gasteiger partial charge on any atom is -0.462 e. The van der Waals surface area contributed by atoms with Crippen LogP contribution >= 0.6 is 11.6 Å². The van der Waals surface area contributed by atoms with Crippen molar-refractivity contribution in [3.05, 3.63) is 58.6 Å². The highest BCUT2D eigenvalue weighted by molar-refractivity contribution is 6.31. The molecule has 0 atom stereocenters. The third-order valence-corrected chi connectivity index (χ3v) is 4.82. The SMILES string of the molecule is CCOC(=O)c1c(N)n(-c2ccc(Cl)c(C(F)(F)F)c2)c2nc3ccccc3nc12. The summed E-state index contributed by atoms with van der Waals surface area (Å²) < 4.78 is 46.4. The maximum atomic E-state index is 13.4. The fourth-order valence-electron chi connectivity index (χ4n) is 3.20. The molecule has 6 nitrogen and oxygen atoms in total. The number of nitrogen functional groups attached to an aromatic ring is 1. The zero-order valence-electron chi connectivity index (χ0n) is 15.5. The maximum Gasteiger partial charge on any atom is 0.417 e. The molecule has 0 aliphatic rings. The second kappa shape index (κ2) is 7.17. The maximum absolute atomic E-state index is 13.4. The molecule has 4 rings (SSSR count). The van der Waals surface area contributed by atoms with Crippen molar-refractivity contribution in [2.24, 2.45) is 0 Å². The van der Waals surface area contributed by atoms with Gasteiger partial charge in [0.1, 0.15) is 16.9 Å². The zero-order chi connectivity index (χ0) is 21.6. The molecule has 0 fully saturated rings. The molecule has 30 heavy (non-hydrogen) atoms. The molecular weight excluding hydrogens is 421 g/mol. The third-order valence-electron chi connectivity index (χ3n) is 4.49. The highest BCUT2D eigenvalue weighted by atomic mass is 35.5. The van der Waals surface area contributed by atoms with Gasteiger partial charge >= 0.3 is 12.1 Å². The van der Waals surface area contributed by atoms with Crippen LogP contribution in [0.1, 0.15) is 22.8 Å². The summed E-state index contributed by atoms with van der Waals surface area (Å²) in [6, 6.07) is 10.2. The first kappa shape index (κ1) is 20.0. The number of aromatic nitrogens is 3. The van der Waals surface area contributed by atoms with Crippen molar-refractivity contribution < 1.29 is 22.7 Å². The zero-order valence-corrected chi connectivity index (χ0v) is 16.3. The standard InChI is InChI=1S/C20H14ClF3N4O2/c1-2-30-19(29)15-16-18(27-14-6-4-3-5-13(14)26-16)28(17(15)25)10-7-8-12(21)11(9-10)20(22,23)24/h3-9H,2,25H2,1H3. The van der Waals surface area contributed by atoms with Crippen LogP contribution in [0.2, 0.25) is 5.02 Å². The fourth-order valence-corrected chi connectivity index (χ4v) is 3.42. The number of hydrogen-bond acceptors (Lipinski definition) is 5. The van der Waals surface area contributed by atoms with Crippen LogP contribution in [0, 0.1) is 0 Å². The van der Waals surface area contributed by atoms with Gasteiger partial charge in [-0.25, -0.2) is 14.8 Å². The number of anilines is 1. The molecule has 154 valence electrons. The number of benzene rings is 2. The van der Waals surface area contributed by atoms with E-state index in [1.54, 1.807) is 31.2 Å². The minimum absolute atomic E-state index is 0.0364. The first-order valence-electron chi connectivity index (χ1n) is 8.83. The average molecular weight is 435 g/mol. The number of ether oxygens (including phenoxy) is 1. The first-order valence-corrected chi connectivity index (χ1v) is 9.21. The number of rotatable bonds is 3. The predicted octanol–water partition coefficient (Wildman–Crippen LogP) is 5.00. The highest BCUT2D eigenvalue weighted by Crippen LogP contribution is 2.38. The predicted molar refractivity (Wildman–Crippen MR) is 107 cm³/mol. The number of halogens is 4. The second-order valence-electron chi connectivity index (χ2n) is 6.36. The fraction of sp³-hybridized carbons (Fsp3) is 0.150. The van der Waals surface area contributed by atoms with Crippen molar-refractivity contribution in [3.8, 4) is 5.69 Å². The van der Waals surface area contributed by atoms with Gasteiger partial charge in [0.2, 0.25) is 0 Å². The summed E-state index contributed by atoms with van der Waals surface area (Å²) in [5.41, 5.74) is 6.40. The molecule has 0 unspecified atom stereocenters. The Morgan fingerprint density at radius 2 is 1.83 bits per heavy atom. The topological polar surface area (TPSA) is 83.0 Å². The molecule has 0 amide bonds. The van der Waals surface area contributed by atoms with E-state index in [9.17, 15) is 18.0 Å². The molecule has 0 saturated carbocycles. The molecule has 0 spiro atoms. The highest BCUT2D eigenvalue weighted by Gasteiger charge is 2.34. The smallest absolute Gasteiger partial charge is 0.417 e. The number of fused-ring (bicyclic) bond motifs is 2. The Hall–Kier alpha value is -3.33. The lowest BCUT2D eigenvalue weighted by Crippen LogP contribution is -2.10. The van der Waals surface area contributed by atoms with Crippen molar-refractivity contribution in [1.29, 1.82) is 0 Å². The van der Waals surface area contributed by atoms with Crippen molar-refractivity contribution in [2.75, 3.05) is 12.3 Å². The van der Waals surface area contributed by atoms with E-state index < -0.39 is 22.7 Å². The molecule has 0 aliphatic heterocycles. The van der Waals surface area contributed by atoms with Gasteiger partial charge < -0.3 is 10.5 Å². The summed E-state index contributed by atoms with van der Waals surface area (Å²) >= 11 is 5.74. The van der Waals surface area contributed by atoms with E-state index >= 15 is 0 Å². The number of alkyl halides is 3. The molecule has 2 heterocycles. The number of carbonyl (C=O) groups excluding carboxylic acids is 1. The van der Waals surface area contributed by atoms with Crippen LogP contribution in [0.4, 0.5) is 19.0 Å². The van der Waals surface area contributed by atoms with Gasteiger partial charge in [0.05, 0.1) is 28.2 Å². The minimum atomic E-state index is -4.67. The molecule has 0 radical (unpaired) electrons. The average Bonchev–Trinajstić information content (AvgIpc) is 2.97. The summed E-state index contributed by atoms with van der Waals surface area (Å²) in [6.07, 6.45) is -4.67. The van der Waals surface area contributed by atoms with Crippen LogP contribution in [0.25, 0.3) is 27.9 Å². The van der Waals surface area contributed by atoms with Crippen LogP contribution in [0.15, 0.2) is 42.5 Å². The van der Waals surface area contributed by atoms with Gasteiger partial charge in [-0.15, -0.1) is 0 Å². The molecule has 2 N–H and O–H groups in total. The largest absolute Gasteiger partial charge is 0.462 e. The molecule has 2 aromatic heterocycles. The molecule has 0 aliphatic carbocycles. The van der Waals surface area contributed by atoms with Gasteiger partial charge in [-0.05, 0) is 37.3 Å². The lowest BCUT2D eigenvalue weighted by Gasteiger charge is -2.13. The summed E-state index contributed by atoms with van der Waals surface area (Å²) in [7, 11) is 0. The monoisotopic (exact) mass is 434 g/mol. The van der Waals surface area contributed by atoms with Crippen molar-refractivity contribution in [3.63, 3.8) is 0 Å². The summed E-state index contributed by atoms with van der Waals surface area (Å²) in [6.45, 7) is 1.72. The van der Waals surface area contributed by atoms with Crippen LogP contribution in [0.3, 0.4) is 0 Å². The van der Waals surface area contributed by atoms with Gasteiger partial charge in [0.25, 0.3) is 0 Å². The Labute approximate surface area is 173 Å². The van der Waals surface area contributed by atoms with Gasteiger partial charge in [0.15, 0.2) is 5.65 Å². The van der Waals surface area contributed by atoms with E-state index in [4.69, 9.17) is 22.1 Å². The number of carbonyl (C=O) groups is 1. The molecule has 0 bridgehead atoms. The number of hydrogen-bond donors (Lipinski definition) is 1. The Balaban J connectivity index is 2.08. The van der Waals surface area contributed by atoms with Crippen LogP contribution in [0.5, 0.6) is 0 Å². The quantitative estimate of drug-likeness (QED) is 0.458. The van der Waals surface area contributed by atoms with Crippen molar-refractivity contribution >= 4 is 45.6 Å².